The summed E-state index contributed by atoms with van der Waals surface area (Å²) in [5, 5.41) is 0. The van der Waals surface area contributed by atoms with Gasteiger partial charge >= 0.3 is 0 Å². The Morgan fingerprint density at radius 1 is 1.27 bits per heavy atom. The number of carbonyl (C=O) groups is 1. The van der Waals surface area contributed by atoms with E-state index in [1.165, 1.54) is 0 Å². The summed E-state index contributed by atoms with van der Waals surface area (Å²) in [6.45, 7) is 10.2. The van der Waals surface area contributed by atoms with Crippen molar-refractivity contribution < 1.29 is 4.79 Å². The van der Waals surface area contributed by atoms with Crippen LogP contribution >= 0.6 is 0 Å². The minimum absolute atomic E-state index is 0.251. The van der Waals surface area contributed by atoms with Gasteiger partial charge in [0, 0.05) is 0 Å². The largest absolute Gasteiger partial charge is 0.369 e. The molecule has 0 aromatic heterocycles. The first kappa shape index (κ1) is 13.1. The molecule has 0 aromatic rings. The Morgan fingerprint density at radius 3 is 1.73 bits per heavy atom. The van der Waals surface area contributed by atoms with Crippen molar-refractivity contribution in [2.24, 2.45) is 5.73 Å². The highest BCUT2D eigenvalue weighted by Crippen LogP contribution is 1.82. The fraction of sp³-hybridized carbons (Fsp3) is 0.875. The van der Waals surface area contributed by atoms with E-state index >= 15 is 0 Å². The number of rotatable bonds is 4. The van der Waals surface area contributed by atoms with Crippen LogP contribution in [0.5, 0.6) is 0 Å². The van der Waals surface area contributed by atoms with Crippen molar-refractivity contribution in [3.8, 4) is 0 Å². The Morgan fingerprint density at radius 2 is 1.64 bits per heavy atom. The van der Waals surface area contributed by atoms with E-state index in [2.05, 4.69) is 0 Å². The molecule has 0 aliphatic carbocycles. The van der Waals surface area contributed by atoms with Crippen LogP contribution in [-0.4, -0.2) is 30.4 Å². The van der Waals surface area contributed by atoms with Crippen LogP contribution in [0.3, 0.4) is 0 Å². The lowest BCUT2D eigenvalue weighted by atomic mass is 10.5. The maximum Gasteiger partial charge on any atom is 0.231 e. The second-order valence-corrected chi connectivity index (χ2v) is 1.93. The van der Waals surface area contributed by atoms with E-state index in [0.717, 1.165) is 13.1 Å². The van der Waals surface area contributed by atoms with Crippen molar-refractivity contribution in [3.63, 3.8) is 0 Å². The standard InChI is InChI=1S/C6H14N2O.C2H6/c1-3-8(4-2)5-6(7)9;1-2/h3-5H2,1-2H3,(H2,7,9);1-2H3. The molecule has 0 fully saturated rings. The van der Waals surface area contributed by atoms with E-state index in [1.54, 1.807) is 0 Å². The zero-order valence-corrected chi connectivity index (χ0v) is 8.05. The molecule has 1 amide bonds. The minimum atomic E-state index is -0.251. The van der Waals surface area contributed by atoms with Gasteiger partial charge in [-0.25, -0.2) is 0 Å². The molecule has 0 saturated carbocycles. The lowest BCUT2D eigenvalue weighted by Gasteiger charge is -2.14. The third-order valence-electron chi connectivity index (χ3n) is 1.27. The molecule has 11 heavy (non-hydrogen) atoms. The molecule has 3 heteroatoms. The van der Waals surface area contributed by atoms with E-state index in [-0.39, 0.29) is 5.91 Å². The first-order valence-corrected chi connectivity index (χ1v) is 4.21. The highest BCUT2D eigenvalue weighted by atomic mass is 16.1. The van der Waals surface area contributed by atoms with Crippen LogP contribution in [0, 0.1) is 0 Å². The Hall–Kier alpha value is -0.570. The van der Waals surface area contributed by atoms with Gasteiger partial charge in [-0.15, -0.1) is 0 Å². The summed E-state index contributed by atoms with van der Waals surface area (Å²) in [5.41, 5.74) is 4.96. The van der Waals surface area contributed by atoms with Gasteiger partial charge in [0.25, 0.3) is 0 Å². The molecule has 0 saturated heterocycles. The van der Waals surface area contributed by atoms with E-state index < -0.39 is 0 Å². The third kappa shape index (κ3) is 9.43. The molecule has 0 spiro atoms. The molecule has 0 heterocycles. The molecule has 0 atom stereocenters. The van der Waals surface area contributed by atoms with E-state index in [0.29, 0.717) is 6.54 Å². The predicted molar refractivity (Wildman–Crippen MR) is 48.3 cm³/mol. The fourth-order valence-corrected chi connectivity index (χ4v) is 0.668. The first-order chi connectivity index (χ1) is 5.20. The van der Waals surface area contributed by atoms with E-state index in [9.17, 15) is 4.79 Å². The second-order valence-electron chi connectivity index (χ2n) is 1.93. The highest BCUT2D eigenvalue weighted by Gasteiger charge is 2.00. The summed E-state index contributed by atoms with van der Waals surface area (Å²) >= 11 is 0. The fourth-order valence-electron chi connectivity index (χ4n) is 0.668. The Bertz CT molecular complexity index is 90.1. The van der Waals surface area contributed by atoms with Crippen molar-refractivity contribution in [2.45, 2.75) is 27.7 Å². The number of nitrogens with two attached hydrogens (primary N) is 1. The van der Waals surface area contributed by atoms with Gasteiger partial charge in [0.1, 0.15) is 0 Å². The lowest BCUT2D eigenvalue weighted by Crippen LogP contribution is -2.33. The lowest BCUT2D eigenvalue weighted by molar-refractivity contribution is -0.119. The number of carbonyl (C=O) groups excluding carboxylic acids is 1. The number of nitrogens with zero attached hydrogens (tertiary/aromatic N) is 1. The maximum absolute atomic E-state index is 10.3. The zero-order chi connectivity index (χ0) is 9.28. The summed E-state index contributed by atoms with van der Waals surface area (Å²) in [4.78, 5) is 12.3. The quantitative estimate of drug-likeness (QED) is 0.662. The van der Waals surface area contributed by atoms with Crippen LogP contribution < -0.4 is 5.73 Å². The van der Waals surface area contributed by atoms with Crippen LogP contribution in [-0.2, 0) is 4.79 Å². The van der Waals surface area contributed by atoms with Crippen molar-refractivity contribution >= 4 is 5.91 Å². The van der Waals surface area contributed by atoms with Gasteiger partial charge in [-0.2, -0.15) is 0 Å². The summed E-state index contributed by atoms with van der Waals surface area (Å²) < 4.78 is 0. The summed E-state index contributed by atoms with van der Waals surface area (Å²) in [6, 6.07) is 0. The smallest absolute Gasteiger partial charge is 0.231 e. The number of hydrogen-bond donors (Lipinski definition) is 1. The molecular weight excluding hydrogens is 140 g/mol. The summed E-state index contributed by atoms with van der Waals surface area (Å²) in [5.74, 6) is -0.251. The Balaban J connectivity index is 0. The van der Waals surface area contributed by atoms with Crippen molar-refractivity contribution in [1.29, 1.82) is 0 Å². The summed E-state index contributed by atoms with van der Waals surface area (Å²) in [7, 11) is 0. The van der Waals surface area contributed by atoms with Gasteiger partial charge in [0.15, 0.2) is 0 Å². The third-order valence-corrected chi connectivity index (χ3v) is 1.27. The zero-order valence-electron chi connectivity index (χ0n) is 8.05. The SMILES string of the molecule is CC.CCN(CC)CC(N)=O. The number of hydrogen-bond acceptors (Lipinski definition) is 2. The Labute approximate surface area is 69.6 Å². The predicted octanol–water partition coefficient (Wildman–Crippen LogP) is 0.840. The van der Waals surface area contributed by atoms with Gasteiger partial charge in [-0.1, -0.05) is 27.7 Å². The van der Waals surface area contributed by atoms with Gasteiger partial charge in [-0.05, 0) is 13.1 Å². The first-order valence-electron chi connectivity index (χ1n) is 4.21. The molecule has 68 valence electrons. The number of amides is 1. The van der Waals surface area contributed by atoms with Crippen LogP contribution in [0.4, 0.5) is 0 Å². The monoisotopic (exact) mass is 160 g/mol. The molecule has 0 radical (unpaired) electrons. The highest BCUT2D eigenvalue weighted by molar-refractivity contribution is 5.75. The average Bonchev–Trinajstić information content (AvgIpc) is 2.03. The summed E-state index contributed by atoms with van der Waals surface area (Å²) in [6.07, 6.45) is 0. The molecule has 0 aliphatic rings. The van der Waals surface area contributed by atoms with Crippen LogP contribution in [0.1, 0.15) is 27.7 Å². The van der Waals surface area contributed by atoms with Crippen LogP contribution in [0.25, 0.3) is 0 Å². The van der Waals surface area contributed by atoms with Crippen LogP contribution in [0.15, 0.2) is 0 Å². The normalized spacial score (nSPS) is 8.82. The molecule has 0 unspecified atom stereocenters. The van der Waals surface area contributed by atoms with Gasteiger partial charge in [-0.3, -0.25) is 9.69 Å². The molecule has 0 aromatic carbocycles. The van der Waals surface area contributed by atoms with Crippen molar-refractivity contribution in [3.05, 3.63) is 0 Å². The molecule has 0 aliphatic heterocycles. The maximum atomic E-state index is 10.3. The van der Waals surface area contributed by atoms with Gasteiger partial charge in [0.2, 0.25) is 5.91 Å². The molecule has 2 N–H and O–H groups in total. The van der Waals surface area contributed by atoms with Crippen molar-refractivity contribution in [1.82, 2.24) is 4.90 Å². The van der Waals surface area contributed by atoms with Crippen LogP contribution in [0.2, 0.25) is 0 Å². The molecule has 0 rings (SSSR count). The van der Waals surface area contributed by atoms with Gasteiger partial charge < -0.3 is 5.73 Å². The molecule has 3 nitrogen and oxygen atoms in total. The topological polar surface area (TPSA) is 46.3 Å². The average molecular weight is 160 g/mol. The van der Waals surface area contributed by atoms with E-state index in [1.807, 2.05) is 32.6 Å². The minimum Gasteiger partial charge on any atom is -0.369 e. The Kier molecular flexibility index (Phi) is 11.2. The second kappa shape index (κ2) is 9.43. The number of primary amides is 1. The number of likely N-dealkylation sites (N-methyl/N-ethyl adjacent to an activating group) is 1. The molecular formula is C8H20N2O. The van der Waals surface area contributed by atoms with E-state index in [4.69, 9.17) is 5.73 Å². The van der Waals surface area contributed by atoms with Crippen molar-refractivity contribution in [2.75, 3.05) is 19.6 Å². The molecule has 0 bridgehead atoms. The van der Waals surface area contributed by atoms with Gasteiger partial charge in [0.05, 0.1) is 6.54 Å².